The van der Waals surface area contributed by atoms with Crippen LogP contribution >= 0.6 is 0 Å². The van der Waals surface area contributed by atoms with E-state index in [-0.39, 0.29) is 23.4 Å². The number of carbonyl (C=O) groups is 1. The van der Waals surface area contributed by atoms with Gasteiger partial charge in [-0.1, -0.05) is 13.0 Å². The van der Waals surface area contributed by atoms with Crippen molar-refractivity contribution in [1.29, 1.82) is 0 Å². The van der Waals surface area contributed by atoms with Crippen molar-refractivity contribution in [2.75, 3.05) is 20.3 Å². The molecule has 9 heteroatoms. The van der Waals surface area contributed by atoms with Crippen LogP contribution in [0.1, 0.15) is 31.7 Å². The first-order valence-corrected chi connectivity index (χ1v) is 9.89. The highest BCUT2D eigenvalue weighted by Crippen LogP contribution is 2.32. The third-order valence-electron chi connectivity index (χ3n) is 5.70. The summed E-state index contributed by atoms with van der Waals surface area (Å²) in [4.78, 5) is 12.4. The number of aryl methyl sites for hydroxylation is 1. The monoisotopic (exact) mass is 415 g/mol. The normalized spacial score (nSPS) is 26.7. The second-order valence-corrected chi connectivity index (χ2v) is 7.90. The van der Waals surface area contributed by atoms with Gasteiger partial charge in [0.1, 0.15) is 0 Å². The van der Waals surface area contributed by atoms with Crippen molar-refractivity contribution < 1.29 is 27.4 Å². The fourth-order valence-corrected chi connectivity index (χ4v) is 4.11. The minimum absolute atomic E-state index is 0.0254. The third kappa shape index (κ3) is 5.99. The smallest absolute Gasteiger partial charge is 0.422 e. The van der Waals surface area contributed by atoms with Gasteiger partial charge in [-0.05, 0) is 48.8 Å². The van der Waals surface area contributed by atoms with Crippen LogP contribution in [0.4, 0.5) is 13.2 Å². The number of nitrogens with one attached hydrogen (secondary N) is 3. The Bertz CT molecular complexity index is 714. The number of fused-ring (bicyclic) bond motifs is 1. The molecule has 29 heavy (non-hydrogen) atoms. The number of rotatable bonds is 7. The van der Waals surface area contributed by atoms with Gasteiger partial charge >= 0.3 is 6.18 Å². The van der Waals surface area contributed by atoms with Crippen LogP contribution in [0, 0.1) is 11.8 Å². The number of hydrogen-bond donors (Lipinski definition) is 3. The van der Waals surface area contributed by atoms with Crippen molar-refractivity contribution in [2.24, 2.45) is 11.8 Å². The Morgan fingerprint density at radius 1 is 1.28 bits per heavy atom. The highest BCUT2D eigenvalue weighted by atomic mass is 19.4. The number of hydrazine groups is 1. The lowest BCUT2D eigenvalue weighted by Gasteiger charge is -2.36. The van der Waals surface area contributed by atoms with E-state index < -0.39 is 12.8 Å². The van der Waals surface area contributed by atoms with E-state index in [1.54, 1.807) is 12.1 Å². The van der Waals surface area contributed by atoms with E-state index >= 15 is 0 Å². The zero-order valence-corrected chi connectivity index (χ0v) is 16.6. The highest BCUT2D eigenvalue weighted by Gasteiger charge is 2.38. The molecule has 162 valence electrons. The summed E-state index contributed by atoms with van der Waals surface area (Å²) in [6.45, 7) is 1.77. The number of halogens is 3. The van der Waals surface area contributed by atoms with Gasteiger partial charge in [-0.3, -0.25) is 15.6 Å². The zero-order valence-electron chi connectivity index (χ0n) is 16.6. The van der Waals surface area contributed by atoms with Gasteiger partial charge in [0, 0.05) is 25.0 Å². The average molecular weight is 415 g/mol. The van der Waals surface area contributed by atoms with Crippen LogP contribution in [0.25, 0.3) is 0 Å². The summed E-state index contributed by atoms with van der Waals surface area (Å²) in [5.74, 6) is 1.26. The molecule has 2 aliphatic rings. The summed E-state index contributed by atoms with van der Waals surface area (Å²) < 4.78 is 46.9. The van der Waals surface area contributed by atoms with E-state index in [0.717, 1.165) is 24.9 Å². The maximum absolute atomic E-state index is 12.4. The molecular weight excluding hydrogens is 387 g/mol. The molecule has 1 saturated heterocycles. The number of benzene rings is 1. The predicted octanol–water partition coefficient (Wildman–Crippen LogP) is 2.58. The lowest BCUT2D eigenvalue weighted by atomic mass is 9.76. The van der Waals surface area contributed by atoms with Crippen LogP contribution in [-0.2, 0) is 11.2 Å². The fourth-order valence-electron chi connectivity index (χ4n) is 4.11. The Labute approximate surface area is 168 Å². The van der Waals surface area contributed by atoms with E-state index in [0.29, 0.717) is 30.7 Å². The van der Waals surface area contributed by atoms with Crippen molar-refractivity contribution in [3.05, 3.63) is 23.8 Å². The van der Waals surface area contributed by atoms with E-state index in [9.17, 15) is 18.0 Å². The quantitative estimate of drug-likeness (QED) is 0.639. The fraction of sp³-hybridized carbons (Fsp3) is 0.650. The molecule has 6 nitrogen and oxygen atoms in total. The Kier molecular flexibility index (Phi) is 6.89. The van der Waals surface area contributed by atoms with Crippen molar-refractivity contribution >= 4 is 5.91 Å². The molecule has 4 unspecified atom stereocenters. The summed E-state index contributed by atoms with van der Waals surface area (Å²) in [6.07, 6.45) is -1.67. The number of ether oxygens (including phenoxy) is 2. The molecule has 0 aromatic heterocycles. The first-order chi connectivity index (χ1) is 13.7. The second-order valence-electron chi connectivity index (χ2n) is 7.90. The summed E-state index contributed by atoms with van der Waals surface area (Å²) in [6, 6.07) is 5.25. The Morgan fingerprint density at radius 3 is 2.79 bits per heavy atom. The average Bonchev–Trinajstić information content (AvgIpc) is 3.11. The number of hydrogen-bond acceptors (Lipinski definition) is 5. The maximum Gasteiger partial charge on any atom is 0.422 e. The zero-order chi connectivity index (χ0) is 21.0. The van der Waals surface area contributed by atoms with Crippen LogP contribution < -0.4 is 25.6 Å². The minimum atomic E-state index is -4.41. The molecule has 2 fully saturated rings. The van der Waals surface area contributed by atoms with Gasteiger partial charge in [0.05, 0.1) is 7.11 Å². The lowest BCUT2D eigenvalue weighted by molar-refractivity contribution is -0.153. The molecule has 0 radical (unpaired) electrons. The molecule has 1 aliphatic carbocycles. The van der Waals surface area contributed by atoms with Gasteiger partial charge in [-0.25, -0.2) is 0 Å². The topological polar surface area (TPSA) is 71.6 Å². The number of carbonyl (C=O) groups excluding carboxylic acids is 1. The van der Waals surface area contributed by atoms with Crippen molar-refractivity contribution in [2.45, 2.75) is 50.9 Å². The largest absolute Gasteiger partial charge is 0.493 e. The second kappa shape index (κ2) is 9.21. The predicted molar refractivity (Wildman–Crippen MR) is 102 cm³/mol. The molecular formula is C20H28F3N3O3. The first-order valence-electron chi connectivity index (χ1n) is 9.89. The maximum atomic E-state index is 12.4. The Balaban J connectivity index is 1.50. The van der Waals surface area contributed by atoms with E-state index in [1.807, 2.05) is 0 Å². The molecule has 1 aromatic rings. The number of alkyl halides is 3. The number of methoxy groups -OCH3 is 1. The molecule has 0 spiro atoms. The van der Waals surface area contributed by atoms with Crippen LogP contribution in [0.3, 0.4) is 0 Å². The lowest BCUT2D eigenvalue weighted by Crippen LogP contribution is -2.49. The van der Waals surface area contributed by atoms with Crippen molar-refractivity contribution in [3.8, 4) is 11.5 Å². The molecule has 1 aliphatic heterocycles. The van der Waals surface area contributed by atoms with Crippen LogP contribution in [0.5, 0.6) is 11.5 Å². The van der Waals surface area contributed by atoms with Gasteiger partial charge < -0.3 is 14.8 Å². The molecule has 3 rings (SSSR count). The summed E-state index contributed by atoms with van der Waals surface area (Å²) in [7, 11) is 1.37. The van der Waals surface area contributed by atoms with Crippen LogP contribution in [0.15, 0.2) is 18.2 Å². The third-order valence-corrected chi connectivity index (χ3v) is 5.70. The number of amides is 1. The summed E-state index contributed by atoms with van der Waals surface area (Å²) in [5.41, 5.74) is 7.27. The molecule has 1 aromatic carbocycles. The SMILES string of the molecule is COc1cc(CCC(=O)NC2CC3NNCC3CC2C)ccc1OCC(F)(F)F. The molecule has 3 N–H and O–H groups in total. The van der Waals surface area contributed by atoms with E-state index in [2.05, 4.69) is 23.1 Å². The first kappa shape index (κ1) is 21.7. The van der Waals surface area contributed by atoms with Crippen molar-refractivity contribution in [3.63, 3.8) is 0 Å². The molecule has 1 amide bonds. The standard InChI is InChI=1S/C20H28F3N3O3/c1-12-7-14-10-24-26-16(14)9-15(12)25-19(27)6-4-13-3-5-17(18(8-13)28-2)29-11-20(21,22)23/h3,5,8,12,14-16,24,26H,4,6-7,9-11H2,1-2H3,(H,25,27). The highest BCUT2D eigenvalue weighted by molar-refractivity contribution is 5.76. The minimum Gasteiger partial charge on any atom is -0.493 e. The molecule has 0 bridgehead atoms. The van der Waals surface area contributed by atoms with Gasteiger partial charge in [0.2, 0.25) is 5.91 Å². The molecule has 1 saturated carbocycles. The van der Waals surface area contributed by atoms with Crippen molar-refractivity contribution in [1.82, 2.24) is 16.2 Å². The van der Waals surface area contributed by atoms with Gasteiger partial charge in [-0.15, -0.1) is 0 Å². The summed E-state index contributed by atoms with van der Waals surface area (Å²) >= 11 is 0. The molecule has 1 heterocycles. The molecule has 4 atom stereocenters. The Morgan fingerprint density at radius 2 is 2.07 bits per heavy atom. The van der Waals surface area contributed by atoms with Crippen LogP contribution in [-0.4, -0.2) is 44.4 Å². The van der Waals surface area contributed by atoms with Gasteiger partial charge in [-0.2, -0.15) is 13.2 Å². The van der Waals surface area contributed by atoms with Gasteiger partial charge in [0.25, 0.3) is 0 Å². The van der Waals surface area contributed by atoms with E-state index in [1.165, 1.54) is 13.2 Å². The van der Waals surface area contributed by atoms with Crippen LogP contribution in [0.2, 0.25) is 0 Å². The van der Waals surface area contributed by atoms with Gasteiger partial charge in [0.15, 0.2) is 18.1 Å². The van der Waals surface area contributed by atoms with E-state index in [4.69, 9.17) is 9.47 Å². The summed E-state index contributed by atoms with van der Waals surface area (Å²) in [5, 5.41) is 3.14. The Hall–Kier alpha value is -2.00.